The summed E-state index contributed by atoms with van der Waals surface area (Å²) in [5, 5.41) is 18.0. The molecule has 0 N–H and O–H groups in total. The summed E-state index contributed by atoms with van der Waals surface area (Å²) in [7, 11) is 0. The van der Waals surface area contributed by atoms with Gasteiger partial charge in [0.1, 0.15) is 11.5 Å². The SMILES string of the molecule is Cc1cc(C2(c3ccc(OC#N)c(C)c3)c3ccccc3-c3ccccc32)ccc1OC#N. The minimum absolute atomic E-state index is 0.546. The van der Waals surface area contributed by atoms with Crippen molar-refractivity contribution in [2.24, 2.45) is 0 Å². The van der Waals surface area contributed by atoms with Crippen molar-refractivity contribution < 1.29 is 9.47 Å². The molecular formula is C29H20N2O2. The van der Waals surface area contributed by atoms with Crippen molar-refractivity contribution in [1.29, 1.82) is 10.5 Å². The number of nitriles is 2. The monoisotopic (exact) mass is 428 g/mol. The van der Waals surface area contributed by atoms with E-state index < -0.39 is 5.41 Å². The lowest BCUT2D eigenvalue weighted by molar-refractivity contribution is 0.502. The Bertz CT molecular complexity index is 1360. The van der Waals surface area contributed by atoms with Crippen LogP contribution in [0.15, 0.2) is 84.9 Å². The zero-order valence-corrected chi connectivity index (χ0v) is 18.3. The van der Waals surface area contributed by atoms with Crippen LogP contribution in [0.2, 0.25) is 0 Å². The first-order chi connectivity index (χ1) is 16.1. The normalized spacial score (nSPS) is 12.7. The molecule has 1 aliphatic carbocycles. The lowest BCUT2D eigenvalue weighted by Crippen LogP contribution is -2.28. The molecule has 0 fully saturated rings. The number of fused-ring (bicyclic) bond motifs is 3. The number of hydrogen-bond donors (Lipinski definition) is 0. The van der Waals surface area contributed by atoms with Crippen LogP contribution in [0.3, 0.4) is 0 Å². The van der Waals surface area contributed by atoms with Crippen molar-refractivity contribution in [3.05, 3.63) is 118 Å². The molecule has 5 rings (SSSR count). The topological polar surface area (TPSA) is 66.0 Å². The van der Waals surface area contributed by atoms with Crippen LogP contribution in [0.25, 0.3) is 11.1 Å². The van der Waals surface area contributed by atoms with E-state index in [2.05, 4.69) is 60.7 Å². The van der Waals surface area contributed by atoms with E-state index >= 15 is 0 Å². The van der Waals surface area contributed by atoms with E-state index in [1.54, 1.807) is 12.5 Å². The summed E-state index contributed by atoms with van der Waals surface area (Å²) in [6.07, 6.45) is 3.54. The minimum atomic E-state index is -0.570. The van der Waals surface area contributed by atoms with Gasteiger partial charge in [-0.25, -0.2) is 0 Å². The fraction of sp³-hybridized carbons (Fsp3) is 0.103. The van der Waals surface area contributed by atoms with E-state index in [0.717, 1.165) is 22.3 Å². The summed E-state index contributed by atoms with van der Waals surface area (Å²) >= 11 is 0. The van der Waals surface area contributed by atoms with Gasteiger partial charge in [-0.1, -0.05) is 72.8 Å². The Labute approximate surface area is 192 Å². The molecule has 4 aromatic rings. The maximum Gasteiger partial charge on any atom is 0.292 e. The third kappa shape index (κ3) is 2.97. The van der Waals surface area contributed by atoms with E-state index in [1.807, 2.05) is 38.1 Å². The van der Waals surface area contributed by atoms with Crippen molar-refractivity contribution >= 4 is 0 Å². The average Bonchev–Trinajstić information content (AvgIpc) is 3.13. The van der Waals surface area contributed by atoms with Crippen LogP contribution < -0.4 is 9.47 Å². The molecule has 33 heavy (non-hydrogen) atoms. The van der Waals surface area contributed by atoms with Gasteiger partial charge in [-0.2, -0.15) is 0 Å². The number of aryl methyl sites for hydroxylation is 2. The van der Waals surface area contributed by atoms with Gasteiger partial charge in [0.25, 0.3) is 12.5 Å². The second kappa shape index (κ2) is 7.86. The van der Waals surface area contributed by atoms with Gasteiger partial charge in [0.05, 0.1) is 5.41 Å². The Morgan fingerprint density at radius 3 is 1.42 bits per heavy atom. The molecule has 0 radical (unpaired) electrons. The number of ether oxygens (including phenoxy) is 2. The first kappa shape index (κ1) is 20.4. The molecule has 0 atom stereocenters. The fourth-order valence-corrected chi connectivity index (χ4v) is 5.12. The minimum Gasteiger partial charge on any atom is -0.388 e. The Kier molecular flexibility index (Phi) is 4.85. The molecule has 4 nitrogen and oxygen atoms in total. The van der Waals surface area contributed by atoms with Gasteiger partial charge in [0, 0.05) is 0 Å². The number of nitrogens with zero attached hydrogens (tertiary/aromatic N) is 2. The summed E-state index contributed by atoms with van der Waals surface area (Å²) in [6.45, 7) is 3.90. The second-order valence-electron chi connectivity index (χ2n) is 8.19. The van der Waals surface area contributed by atoms with Crippen molar-refractivity contribution in [2.45, 2.75) is 19.3 Å². The van der Waals surface area contributed by atoms with Crippen molar-refractivity contribution in [1.82, 2.24) is 0 Å². The highest BCUT2D eigenvalue weighted by Crippen LogP contribution is 2.56. The molecule has 1 aliphatic rings. The highest BCUT2D eigenvalue weighted by Gasteiger charge is 2.46. The third-order valence-corrected chi connectivity index (χ3v) is 6.48. The summed E-state index contributed by atoms with van der Waals surface area (Å²) in [5.41, 5.74) is 8.12. The van der Waals surface area contributed by atoms with Crippen LogP contribution in [0.4, 0.5) is 0 Å². The highest BCUT2D eigenvalue weighted by molar-refractivity contribution is 5.86. The molecule has 0 aliphatic heterocycles. The largest absolute Gasteiger partial charge is 0.388 e. The Balaban J connectivity index is 1.88. The predicted octanol–water partition coefficient (Wildman–Crippen LogP) is 6.39. The highest BCUT2D eigenvalue weighted by atomic mass is 16.5. The van der Waals surface area contributed by atoms with Gasteiger partial charge in [0.15, 0.2) is 0 Å². The molecule has 0 saturated carbocycles. The Morgan fingerprint density at radius 1 is 0.606 bits per heavy atom. The standard InChI is InChI=1S/C29H20N2O2/c1-19-15-21(11-13-27(19)32-17-30)29(22-12-14-28(33-18-31)20(2)16-22)25-9-5-3-7-23(25)24-8-4-6-10-26(24)29/h3-16H,1-2H3. The quantitative estimate of drug-likeness (QED) is 0.311. The van der Waals surface area contributed by atoms with Gasteiger partial charge in [-0.3, -0.25) is 0 Å². The first-order valence-corrected chi connectivity index (χ1v) is 10.6. The zero-order valence-electron chi connectivity index (χ0n) is 18.3. The fourth-order valence-electron chi connectivity index (χ4n) is 5.12. The second-order valence-corrected chi connectivity index (χ2v) is 8.19. The van der Waals surface area contributed by atoms with E-state index in [1.165, 1.54) is 22.3 Å². The van der Waals surface area contributed by atoms with Gasteiger partial charge in [-0.15, -0.1) is 10.5 Å². The van der Waals surface area contributed by atoms with Crippen LogP contribution in [0.5, 0.6) is 11.5 Å². The molecule has 0 bridgehead atoms. The van der Waals surface area contributed by atoms with Crippen LogP contribution in [0, 0.1) is 36.9 Å². The van der Waals surface area contributed by atoms with Crippen LogP contribution in [-0.2, 0) is 5.41 Å². The number of benzene rings is 4. The van der Waals surface area contributed by atoms with Crippen LogP contribution >= 0.6 is 0 Å². The number of hydrogen-bond acceptors (Lipinski definition) is 4. The molecule has 4 aromatic carbocycles. The smallest absolute Gasteiger partial charge is 0.292 e. The number of rotatable bonds is 4. The van der Waals surface area contributed by atoms with Gasteiger partial charge in [0.2, 0.25) is 0 Å². The average molecular weight is 428 g/mol. The molecule has 0 heterocycles. The van der Waals surface area contributed by atoms with Gasteiger partial charge in [-0.05, 0) is 70.5 Å². The van der Waals surface area contributed by atoms with E-state index in [4.69, 9.17) is 20.0 Å². The van der Waals surface area contributed by atoms with Gasteiger partial charge < -0.3 is 9.47 Å². The van der Waals surface area contributed by atoms with E-state index in [-0.39, 0.29) is 0 Å². The van der Waals surface area contributed by atoms with Gasteiger partial charge >= 0.3 is 0 Å². The molecular weight excluding hydrogens is 408 g/mol. The summed E-state index contributed by atoms with van der Waals surface area (Å²) < 4.78 is 10.3. The summed E-state index contributed by atoms with van der Waals surface area (Å²) in [5.74, 6) is 1.09. The van der Waals surface area contributed by atoms with E-state index in [9.17, 15) is 0 Å². The molecule has 0 amide bonds. The molecule has 0 unspecified atom stereocenters. The lowest BCUT2D eigenvalue weighted by Gasteiger charge is -2.34. The Morgan fingerprint density at radius 2 is 1.03 bits per heavy atom. The lowest BCUT2D eigenvalue weighted by atomic mass is 9.67. The third-order valence-electron chi connectivity index (χ3n) is 6.48. The maximum atomic E-state index is 9.01. The van der Waals surface area contributed by atoms with Crippen LogP contribution in [-0.4, -0.2) is 0 Å². The summed E-state index contributed by atoms with van der Waals surface area (Å²) in [4.78, 5) is 0. The van der Waals surface area contributed by atoms with Crippen molar-refractivity contribution in [3.8, 4) is 35.1 Å². The molecule has 158 valence electrons. The Hall–Kier alpha value is -4.54. The summed E-state index contributed by atoms with van der Waals surface area (Å²) in [6, 6.07) is 28.9. The molecule has 0 spiro atoms. The molecule has 0 aromatic heterocycles. The first-order valence-electron chi connectivity index (χ1n) is 10.6. The van der Waals surface area contributed by atoms with Crippen molar-refractivity contribution in [2.75, 3.05) is 0 Å². The van der Waals surface area contributed by atoms with Crippen LogP contribution in [0.1, 0.15) is 33.4 Å². The predicted molar refractivity (Wildman–Crippen MR) is 126 cm³/mol. The maximum absolute atomic E-state index is 9.01. The molecule has 0 saturated heterocycles. The van der Waals surface area contributed by atoms with Crippen molar-refractivity contribution in [3.63, 3.8) is 0 Å². The van der Waals surface area contributed by atoms with E-state index in [0.29, 0.717) is 11.5 Å². The zero-order chi connectivity index (χ0) is 23.0. The molecule has 4 heteroatoms.